The highest BCUT2D eigenvalue weighted by Crippen LogP contribution is 2.46. The standard InChI is InChI=1S/C34H45N5O10S/c1-33(2,3)49-31(43)35-25-20-47-16-8-4-5-10-22-18-34(22,30(42)37-50(45,46)24-12-13-24)36-28(40)27-17-23(19-39(27)29(25)41)48-32(44)38-15-14-21-9-6-7-11-26(21)38/h5-7,9-11,22-25,27H,4,8,12-20H2,1-3H3,(H,35,43)(H,36,40)(H,37,42)/b10-5-. The largest absolute Gasteiger partial charge is 0.444 e. The van der Waals surface area contributed by atoms with Crippen molar-refractivity contribution in [1.29, 1.82) is 0 Å². The average molecular weight is 716 g/mol. The smallest absolute Gasteiger partial charge is 0.414 e. The Morgan fingerprint density at radius 1 is 1.12 bits per heavy atom. The number of alkyl carbamates (subject to hydrolysis) is 1. The third kappa shape index (κ3) is 7.90. The lowest BCUT2D eigenvalue weighted by molar-refractivity contribution is -0.142. The molecule has 272 valence electrons. The maximum atomic E-state index is 14.2. The molecule has 0 bridgehead atoms. The van der Waals surface area contributed by atoms with Gasteiger partial charge in [0, 0.05) is 25.5 Å². The van der Waals surface area contributed by atoms with Crippen LogP contribution < -0.4 is 20.3 Å². The highest BCUT2D eigenvalue weighted by atomic mass is 32.2. The Labute approximate surface area is 291 Å². The number of para-hydroxylation sites is 1. The molecule has 1 aromatic carbocycles. The van der Waals surface area contributed by atoms with Gasteiger partial charge in [0.1, 0.15) is 29.3 Å². The molecule has 0 spiro atoms. The predicted molar refractivity (Wildman–Crippen MR) is 179 cm³/mol. The average Bonchev–Trinajstić information content (AvgIpc) is 3.93. The third-order valence-corrected chi connectivity index (χ3v) is 11.3. The topological polar surface area (TPSA) is 190 Å². The normalized spacial score (nSPS) is 29.3. The maximum absolute atomic E-state index is 14.2. The number of fused-ring (bicyclic) bond motifs is 3. The van der Waals surface area contributed by atoms with Crippen molar-refractivity contribution in [2.24, 2.45) is 5.92 Å². The molecular formula is C34H45N5O10S. The van der Waals surface area contributed by atoms with Gasteiger partial charge in [-0.15, -0.1) is 0 Å². The molecule has 5 unspecified atom stereocenters. The van der Waals surface area contributed by atoms with Crippen LogP contribution in [0.1, 0.15) is 64.9 Å². The molecule has 1 saturated heterocycles. The van der Waals surface area contributed by atoms with E-state index in [1.165, 1.54) is 9.80 Å². The molecule has 0 radical (unpaired) electrons. The quantitative estimate of drug-likeness (QED) is 0.380. The molecule has 3 fully saturated rings. The van der Waals surface area contributed by atoms with Gasteiger partial charge < -0.3 is 29.7 Å². The van der Waals surface area contributed by atoms with Crippen molar-refractivity contribution in [3.05, 3.63) is 42.0 Å². The van der Waals surface area contributed by atoms with Crippen LogP contribution in [0.2, 0.25) is 0 Å². The molecule has 5 atom stereocenters. The van der Waals surface area contributed by atoms with Crippen molar-refractivity contribution in [1.82, 2.24) is 20.3 Å². The Bertz CT molecular complexity index is 1670. The fraction of sp³-hybridized carbons (Fsp3) is 0.618. The summed E-state index contributed by atoms with van der Waals surface area (Å²) in [5.41, 5.74) is -0.690. The van der Waals surface area contributed by atoms with Crippen LogP contribution >= 0.6 is 0 Å². The second-order valence-corrected chi connectivity index (χ2v) is 16.5. The van der Waals surface area contributed by atoms with Crippen LogP contribution in [0.15, 0.2) is 36.4 Å². The lowest BCUT2D eigenvalue weighted by atomic mass is 10.1. The van der Waals surface area contributed by atoms with Gasteiger partial charge in [0.05, 0.1) is 24.1 Å². The number of nitrogens with zero attached hydrogens (tertiary/aromatic N) is 2. The summed E-state index contributed by atoms with van der Waals surface area (Å²) in [7, 11) is -3.91. The van der Waals surface area contributed by atoms with E-state index in [0.29, 0.717) is 38.6 Å². The van der Waals surface area contributed by atoms with E-state index in [9.17, 15) is 32.4 Å². The fourth-order valence-electron chi connectivity index (χ4n) is 6.67. The number of nitrogens with one attached hydrogen (secondary N) is 3. The van der Waals surface area contributed by atoms with Crippen molar-refractivity contribution < 1.29 is 46.6 Å². The molecule has 50 heavy (non-hydrogen) atoms. The van der Waals surface area contributed by atoms with Gasteiger partial charge in [-0.3, -0.25) is 24.0 Å². The molecular weight excluding hydrogens is 670 g/mol. The van der Waals surface area contributed by atoms with E-state index >= 15 is 0 Å². The maximum Gasteiger partial charge on any atom is 0.414 e. The number of amides is 5. The summed E-state index contributed by atoms with van der Waals surface area (Å²) < 4.78 is 44.7. The molecule has 0 aromatic heterocycles. The highest BCUT2D eigenvalue weighted by molar-refractivity contribution is 7.91. The molecule has 15 nitrogen and oxygen atoms in total. The summed E-state index contributed by atoms with van der Waals surface area (Å²) in [6.07, 6.45) is 3.97. The van der Waals surface area contributed by atoms with E-state index in [2.05, 4.69) is 15.4 Å². The Morgan fingerprint density at radius 2 is 1.88 bits per heavy atom. The second kappa shape index (κ2) is 13.9. The van der Waals surface area contributed by atoms with Crippen molar-refractivity contribution in [2.75, 3.05) is 31.2 Å². The Hall–Kier alpha value is -4.18. The SMILES string of the molecule is CC(C)(C)OC(=O)NC1COCCC/C=C\C2CC2(C(=O)NS(=O)(=O)C2CC2)NC(=O)C2CC(OC(=O)N3CCc4ccccc43)CN2C1=O. The van der Waals surface area contributed by atoms with Crippen LogP contribution in [0.3, 0.4) is 0 Å². The Balaban J connectivity index is 1.26. The monoisotopic (exact) mass is 715 g/mol. The van der Waals surface area contributed by atoms with Crippen LogP contribution in [-0.2, 0) is 45.0 Å². The summed E-state index contributed by atoms with van der Waals surface area (Å²) in [4.78, 5) is 70.9. The fourth-order valence-corrected chi connectivity index (χ4v) is 8.03. The minimum absolute atomic E-state index is 0.0998. The summed E-state index contributed by atoms with van der Waals surface area (Å²) >= 11 is 0. The Kier molecular flexibility index (Phi) is 9.87. The van der Waals surface area contributed by atoms with Gasteiger partial charge in [0.2, 0.25) is 21.8 Å². The molecule has 5 amide bonds. The van der Waals surface area contributed by atoms with Gasteiger partial charge in [-0.2, -0.15) is 0 Å². The van der Waals surface area contributed by atoms with Gasteiger partial charge >= 0.3 is 12.2 Å². The van der Waals surface area contributed by atoms with Crippen molar-refractivity contribution in [3.8, 4) is 0 Å². The summed E-state index contributed by atoms with van der Waals surface area (Å²) in [5, 5.41) is 4.71. The third-order valence-electron chi connectivity index (χ3n) is 9.49. The molecule has 5 aliphatic rings. The number of hydrogen-bond acceptors (Lipinski definition) is 10. The number of ether oxygens (including phenoxy) is 3. The number of benzene rings is 1. The lowest BCUT2D eigenvalue weighted by Gasteiger charge is -2.30. The first-order chi connectivity index (χ1) is 23.7. The van der Waals surface area contributed by atoms with Crippen LogP contribution in [0.5, 0.6) is 0 Å². The minimum Gasteiger partial charge on any atom is -0.444 e. The first-order valence-corrected chi connectivity index (χ1v) is 18.7. The lowest BCUT2D eigenvalue weighted by Crippen LogP contribution is -2.59. The molecule has 1 aromatic rings. The highest BCUT2D eigenvalue weighted by Gasteiger charge is 2.62. The zero-order chi connectivity index (χ0) is 35.8. The van der Waals surface area contributed by atoms with E-state index in [1.807, 2.05) is 30.3 Å². The zero-order valence-corrected chi connectivity index (χ0v) is 29.3. The van der Waals surface area contributed by atoms with Gasteiger partial charge in [-0.05, 0) is 70.9 Å². The van der Waals surface area contributed by atoms with Gasteiger partial charge in [-0.25, -0.2) is 18.0 Å². The molecule has 16 heteroatoms. The first-order valence-electron chi connectivity index (χ1n) is 17.2. The number of rotatable bonds is 5. The zero-order valence-electron chi connectivity index (χ0n) is 28.5. The molecule has 3 aliphatic heterocycles. The molecule has 3 N–H and O–H groups in total. The van der Waals surface area contributed by atoms with Crippen molar-refractivity contribution in [3.63, 3.8) is 0 Å². The second-order valence-electron chi connectivity index (χ2n) is 14.6. The van der Waals surface area contributed by atoms with Crippen LogP contribution in [-0.4, -0.2) is 104 Å². The van der Waals surface area contributed by atoms with Crippen molar-refractivity contribution >= 4 is 45.6 Å². The van der Waals surface area contributed by atoms with E-state index in [0.717, 1.165) is 11.3 Å². The summed E-state index contributed by atoms with van der Waals surface area (Å²) in [6.45, 7) is 5.31. The molecule has 2 saturated carbocycles. The molecule has 3 heterocycles. The minimum atomic E-state index is -3.91. The van der Waals surface area contributed by atoms with Crippen LogP contribution in [0.25, 0.3) is 0 Å². The number of hydrogen-bond donors (Lipinski definition) is 3. The van der Waals surface area contributed by atoms with E-state index in [1.54, 1.807) is 26.8 Å². The van der Waals surface area contributed by atoms with Crippen LogP contribution in [0, 0.1) is 5.92 Å². The van der Waals surface area contributed by atoms with E-state index < -0.39 is 80.4 Å². The van der Waals surface area contributed by atoms with Gasteiger partial charge in [-0.1, -0.05) is 30.4 Å². The number of anilines is 1. The van der Waals surface area contributed by atoms with E-state index in [-0.39, 0.29) is 32.6 Å². The number of sulfonamides is 1. The van der Waals surface area contributed by atoms with Crippen LogP contribution in [0.4, 0.5) is 15.3 Å². The summed E-state index contributed by atoms with van der Waals surface area (Å²) in [5.74, 6) is -2.71. The van der Waals surface area contributed by atoms with Gasteiger partial charge in [0.15, 0.2) is 0 Å². The Morgan fingerprint density at radius 3 is 2.62 bits per heavy atom. The van der Waals surface area contributed by atoms with Crippen molar-refractivity contribution in [2.45, 2.75) is 100 Å². The molecule has 6 rings (SSSR count). The number of carbonyl (C=O) groups excluding carboxylic acids is 5. The number of allylic oxidation sites excluding steroid dienone is 1. The predicted octanol–water partition coefficient (Wildman–Crippen LogP) is 1.90. The molecule has 2 aliphatic carbocycles. The first kappa shape index (κ1) is 35.6. The summed E-state index contributed by atoms with van der Waals surface area (Å²) in [6, 6.07) is 4.98. The number of carbonyl (C=O) groups is 5. The van der Waals surface area contributed by atoms with Gasteiger partial charge in [0.25, 0.3) is 5.91 Å². The van der Waals surface area contributed by atoms with E-state index in [4.69, 9.17) is 14.2 Å².